The molecule has 4 amide bonds. The Labute approximate surface area is 250 Å². The van der Waals surface area contributed by atoms with Crippen molar-refractivity contribution in [2.45, 2.75) is 26.7 Å². The molecule has 2 heterocycles. The summed E-state index contributed by atoms with van der Waals surface area (Å²) in [5.41, 5.74) is 3.06. The van der Waals surface area contributed by atoms with Gasteiger partial charge in [-0.25, -0.2) is 9.59 Å². The van der Waals surface area contributed by atoms with Crippen LogP contribution in [0.15, 0.2) is 46.4 Å². The highest BCUT2D eigenvalue weighted by Gasteiger charge is 2.12. The number of hydrogen-bond donors (Lipinski definition) is 6. The quantitative estimate of drug-likeness (QED) is 0.295. The number of carbonyl (C=O) groups excluding carboxylic acids is 2. The molecule has 2 aromatic carbocycles. The summed E-state index contributed by atoms with van der Waals surface area (Å²) in [7, 11) is 0. The highest BCUT2D eigenvalue weighted by Crippen LogP contribution is 2.25. The van der Waals surface area contributed by atoms with Gasteiger partial charge in [-0.1, -0.05) is 47.5 Å². The van der Waals surface area contributed by atoms with E-state index in [-0.39, 0.29) is 42.4 Å². The molecule has 0 aromatic heterocycles. The molecule has 2 aliphatic rings. The topological polar surface area (TPSA) is 163 Å². The molecule has 0 fully saturated rings. The van der Waals surface area contributed by atoms with E-state index in [0.717, 1.165) is 50.1 Å². The predicted molar refractivity (Wildman–Crippen MR) is 165 cm³/mol. The van der Waals surface area contributed by atoms with Crippen LogP contribution in [0.4, 0.5) is 21.0 Å². The lowest BCUT2D eigenvalue weighted by atomic mass is 10.2. The number of nitrogens with zero attached hydrogens (tertiary/aromatic N) is 2. The number of anilines is 2. The first-order valence-electron chi connectivity index (χ1n) is 11.6. The summed E-state index contributed by atoms with van der Waals surface area (Å²) >= 11 is 12.1. The van der Waals surface area contributed by atoms with E-state index in [2.05, 4.69) is 41.9 Å². The first-order chi connectivity index (χ1) is 17.3. The van der Waals surface area contributed by atoms with E-state index in [4.69, 9.17) is 23.2 Å². The van der Waals surface area contributed by atoms with Gasteiger partial charge in [-0.3, -0.25) is 20.6 Å². The van der Waals surface area contributed by atoms with Crippen molar-refractivity contribution >= 4 is 83.4 Å². The van der Waals surface area contributed by atoms with Crippen molar-refractivity contribution in [1.29, 1.82) is 0 Å². The van der Waals surface area contributed by atoms with Crippen molar-refractivity contribution in [2.24, 2.45) is 9.98 Å². The molecular weight excluding hydrogens is 590 g/mol. The molecule has 39 heavy (non-hydrogen) atoms. The van der Waals surface area contributed by atoms with Crippen LogP contribution in [-0.4, -0.2) is 55.6 Å². The minimum Gasteiger partial charge on any atom is -0.412 e. The molecule has 0 aliphatic carbocycles. The minimum atomic E-state index is -0.348. The van der Waals surface area contributed by atoms with Crippen molar-refractivity contribution in [3.8, 4) is 0 Å². The van der Waals surface area contributed by atoms with Gasteiger partial charge in [0.15, 0.2) is 11.9 Å². The molecule has 4 rings (SSSR count). The van der Waals surface area contributed by atoms with Crippen LogP contribution in [0, 0.1) is 13.8 Å². The molecule has 15 heteroatoms. The van der Waals surface area contributed by atoms with Gasteiger partial charge in [0, 0.05) is 26.2 Å². The Balaban J connectivity index is 0.000000688. The molecule has 8 N–H and O–H groups in total. The van der Waals surface area contributed by atoms with Gasteiger partial charge in [0.05, 0.1) is 21.4 Å². The monoisotopic (exact) mass is 622 g/mol. The predicted octanol–water partition coefficient (Wildman–Crippen LogP) is 4.26. The zero-order valence-corrected chi connectivity index (χ0v) is 24.6. The van der Waals surface area contributed by atoms with E-state index in [1.807, 2.05) is 38.1 Å². The van der Waals surface area contributed by atoms with Crippen LogP contribution in [0.5, 0.6) is 0 Å². The maximum Gasteiger partial charge on any atom is 0.326 e. The van der Waals surface area contributed by atoms with Crippen molar-refractivity contribution in [2.75, 3.05) is 36.8 Å². The number of benzene rings is 2. The molecule has 2 aliphatic heterocycles. The number of aliphatic imine (C=N–C) groups is 2. The Morgan fingerprint density at radius 3 is 1.41 bits per heavy atom. The molecule has 216 valence electrons. The zero-order valence-electron chi connectivity index (χ0n) is 21.5. The zero-order chi connectivity index (χ0) is 25.9. The fourth-order valence-corrected chi connectivity index (χ4v) is 3.86. The molecule has 0 saturated heterocycles. The fraction of sp³-hybridized carbons (Fsp3) is 0.333. The smallest absolute Gasteiger partial charge is 0.326 e. The lowest BCUT2D eigenvalue weighted by Crippen LogP contribution is -2.45. The van der Waals surface area contributed by atoms with Crippen LogP contribution in [0.1, 0.15) is 24.0 Å². The minimum absolute atomic E-state index is 0. The van der Waals surface area contributed by atoms with Crippen LogP contribution >= 0.6 is 48.0 Å². The Morgan fingerprint density at radius 1 is 0.718 bits per heavy atom. The van der Waals surface area contributed by atoms with Crippen LogP contribution in [-0.2, 0) is 0 Å². The van der Waals surface area contributed by atoms with Gasteiger partial charge in [-0.15, -0.1) is 24.8 Å². The van der Waals surface area contributed by atoms with Crippen molar-refractivity contribution < 1.29 is 15.1 Å². The number of nitrogens with one attached hydrogen (secondary N) is 6. The number of guanidine groups is 2. The molecule has 0 spiro atoms. The van der Waals surface area contributed by atoms with E-state index < -0.39 is 0 Å². The van der Waals surface area contributed by atoms with Crippen molar-refractivity contribution in [3.63, 3.8) is 0 Å². The number of halogens is 4. The highest BCUT2D eigenvalue weighted by atomic mass is 35.5. The third kappa shape index (κ3) is 11.8. The number of hydrogen-bond acceptors (Lipinski definition) is 6. The second kappa shape index (κ2) is 18.3. The molecule has 0 radical (unpaired) electrons. The maximum atomic E-state index is 11.8. The van der Waals surface area contributed by atoms with Crippen molar-refractivity contribution in [3.05, 3.63) is 57.6 Å². The number of carbonyl (C=O) groups is 2. The van der Waals surface area contributed by atoms with Gasteiger partial charge < -0.3 is 26.7 Å². The summed E-state index contributed by atoms with van der Waals surface area (Å²) in [6, 6.07) is 10.2. The Hall–Kier alpha value is -2.96. The molecule has 0 saturated carbocycles. The van der Waals surface area contributed by atoms with Crippen LogP contribution < -0.4 is 31.9 Å². The Bertz CT molecular complexity index is 1030. The van der Waals surface area contributed by atoms with Crippen LogP contribution in [0.3, 0.4) is 0 Å². The summed E-state index contributed by atoms with van der Waals surface area (Å²) in [6.07, 6.45) is 1.97. The number of urea groups is 2. The third-order valence-corrected chi connectivity index (χ3v) is 5.81. The number of para-hydroxylation sites is 2. The summed E-state index contributed by atoms with van der Waals surface area (Å²) in [4.78, 5) is 31.9. The number of aryl methyl sites for hydroxylation is 2. The molecule has 0 unspecified atom stereocenters. The van der Waals surface area contributed by atoms with Gasteiger partial charge >= 0.3 is 12.1 Å². The first kappa shape index (κ1) is 36.0. The average Bonchev–Trinajstić information content (AvgIpc) is 2.86. The second-order valence-corrected chi connectivity index (χ2v) is 8.86. The van der Waals surface area contributed by atoms with E-state index >= 15 is 0 Å². The highest BCUT2D eigenvalue weighted by molar-refractivity contribution is 6.34. The number of amides is 4. The van der Waals surface area contributed by atoms with E-state index in [1.165, 1.54) is 0 Å². The normalized spacial score (nSPS) is 13.3. The van der Waals surface area contributed by atoms with Gasteiger partial charge in [-0.2, -0.15) is 0 Å². The summed E-state index contributed by atoms with van der Waals surface area (Å²) in [5.74, 6) is 1.01. The lowest BCUT2D eigenvalue weighted by Gasteiger charge is -2.16. The van der Waals surface area contributed by atoms with E-state index in [0.29, 0.717) is 33.3 Å². The van der Waals surface area contributed by atoms with Gasteiger partial charge in [0.25, 0.3) is 0 Å². The Kier molecular flexibility index (Phi) is 17.0. The first-order valence-corrected chi connectivity index (χ1v) is 12.3. The standard InChI is InChI=1S/2C12H15ClN4O.2ClH.H2O/c2*1-8-4-2-5-9(13)10(8)16-12(18)17-11-14-6-3-7-15-11;;;/h2*2,4-5H,3,6-7H2,1H3,(H3,14,15,16,17,18);2*1H;1H2. The summed E-state index contributed by atoms with van der Waals surface area (Å²) in [6.45, 7) is 6.88. The van der Waals surface area contributed by atoms with Crippen LogP contribution in [0.2, 0.25) is 10.0 Å². The molecular formula is C24H34Cl4N8O3. The lowest BCUT2D eigenvalue weighted by molar-refractivity contribution is 0.255. The number of rotatable bonds is 2. The third-order valence-electron chi connectivity index (χ3n) is 5.18. The largest absolute Gasteiger partial charge is 0.412 e. The van der Waals surface area contributed by atoms with Gasteiger partial charge in [-0.05, 0) is 49.9 Å². The summed E-state index contributed by atoms with van der Waals surface area (Å²) in [5, 5.41) is 17.8. The van der Waals surface area contributed by atoms with Gasteiger partial charge in [0.1, 0.15) is 0 Å². The van der Waals surface area contributed by atoms with E-state index in [1.54, 1.807) is 12.1 Å². The van der Waals surface area contributed by atoms with Gasteiger partial charge in [0.2, 0.25) is 0 Å². The SMILES string of the molecule is Cc1cccc(Cl)c1NC(=O)NC1=NCCCN1.Cc1cccc(Cl)c1NC(=O)NC1=NCCCN1.Cl.Cl.O. The maximum absolute atomic E-state index is 11.8. The molecule has 0 atom stereocenters. The van der Waals surface area contributed by atoms with Crippen LogP contribution in [0.25, 0.3) is 0 Å². The molecule has 2 aromatic rings. The Morgan fingerprint density at radius 2 is 1.10 bits per heavy atom. The fourth-order valence-electron chi connectivity index (χ4n) is 3.32. The average molecular weight is 624 g/mol. The summed E-state index contributed by atoms with van der Waals surface area (Å²) < 4.78 is 0. The second-order valence-electron chi connectivity index (χ2n) is 8.04. The molecule has 11 nitrogen and oxygen atoms in total. The molecule has 0 bridgehead atoms. The van der Waals surface area contributed by atoms with Crippen molar-refractivity contribution in [1.82, 2.24) is 21.3 Å². The van der Waals surface area contributed by atoms with E-state index in [9.17, 15) is 9.59 Å².